The minimum Gasteiger partial charge on any atom is -0.349 e. The first kappa shape index (κ1) is 24.6. The number of nitrogens with zero attached hydrogens (tertiary/aromatic N) is 7. The maximum Gasteiger partial charge on any atom is 0.349 e. The Bertz CT molecular complexity index is 1510. The van der Waals surface area contributed by atoms with Crippen molar-refractivity contribution in [1.82, 2.24) is 24.4 Å². The van der Waals surface area contributed by atoms with Crippen LogP contribution in [0.2, 0.25) is 0 Å². The quantitative estimate of drug-likeness (QED) is 0.415. The average Bonchev–Trinajstić information content (AvgIpc) is 2.92. The second kappa shape index (κ2) is 10.1. The number of benzene rings is 1. The van der Waals surface area contributed by atoms with Gasteiger partial charge in [-0.1, -0.05) is 42.8 Å². The van der Waals surface area contributed by atoms with Gasteiger partial charge in [-0.3, -0.25) is 14.5 Å². The highest BCUT2D eigenvalue weighted by Gasteiger charge is 2.38. The van der Waals surface area contributed by atoms with Crippen molar-refractivity contribution in [3.05, 3.63) is 93.8 Å². The highest BCUT2D eigenvalue weighted by Crippen LogP contribution is 2.35. The number of hydrogen-bond donors (Lipinski definition) is 0. The second-order valence-electron chi connectivity index (χ2n) is 9.78. The van der Waals surface area contributed by atoms with Crippen molar-refractivity contribution >= 4 is 16.9 Å². The molecule has 0 spiro atoms. The zero-order valence-electron chi connectivity index (χ0n) is 21.7. The third kappa shape index (κ3) is 4.58. The Morgan fingerprint density at radius 1 is 1.08 bits per heavy atom. The molecule has 0 radical (unpaired) electrons. The molecule has 0 amide bonds. The van der Waals surface area contributed by atoms with Gasteiger partial charge in [0.05, 0.1) is 17.3 Å². The van der Waals surface area contributed by atoms with Gasteiger partial charge >= 0.3 is 5.69 Å². The number of aryl methyl sites for hydroxylation is 2. The lowest BCUT2D eigenvalue weighted by Crippen LogP contribution is -2.58. The summed E-state index contributed by atoms with van der Waals surface area (Å²) < 4.78 is 1.49. The number of rotatable bonds is 5. The molecule has 3 unspecified atom stereocenters. The van der Waals surface area contributed by atoms with Gasteiger partial charge in [-0.15, -0.1) is 0 Å². The molecule has 3 aromatic heterocycles. The van der Waals surface area contributed by atoms with E-state index in [2.05, 4.69) is 76.9 Å². The molecule has 0 saturated carbocycles. The summed E-state index contributed by atoms with van der Waals surface area (Å²) in [7, 11) is 1.68. The van der Waals surface area contributed by atoms with Crippen LogP contribution >= 0.6 is 0 Å². The molecular weight excluding hydrogens is 462 g/mol. The van der Waals surface area contributed by atoms with Crippen LogP contribution in [0.15, 0.2) is 65.6 Å². The first-order valence-electron chi connectivity index (χ1n) is 12.7. The van der Waals surface area contributed by atoms with E-state index < -0.39 is 0 Å². The van der Waals surface area contributed by atoms with Crippen molar-refractivity contribution in [3.63, 3.8) is 0 Å². The lowest BCUT2D eigenvalue weighted by molar-refractivity contribution is 0.113. The number of hydrogen-bond acceptors (Lipinski definition) is 7. The lowest BCUT2D eigenvalue weighted by Gasteiger charge is -2.48. The Kier molecular flexibility index (Phi) is 6.72. The van der Waals surface area contributed by atoms with Crippen LogP contribution in [-0.2, 0) is 7.05 Å². The molecule has 5 rings (SSSR count). The van der Waals surface area contributed by atoms with E-state index in [-0.39, 0.29) is 23.8 Å². The summed E-state index contributed by atoms with van der Waals surface area (Å²) in [5.41, 5.74) is 4.68. The number of anilines is 1. The molecule has 188 valence electrons. The topological polar surface area (TPSA) is 90.9 Å². The monoisotopic (exact) mass is 493 g/mol. The zero-order chi connectivity index (χ0) is 26.1. The second-order valence-corrected chi connectivity index (χ2v) is 9.78. The summed E-state index contributed by atoms with van der Waals surface area (Å²) in [5.74, 6) is 0.547. The molecule has 1 aromatic carbocycles. The molecule has 3 atom stereocenters. The van der Waals surface area contributed by atoms with Gasteiger partial charge in [0.2, 0.25) is 0 Å². The minimum absolute atomic E-state index is 0.00742. The fourth-order valence-corrected chi connectivity index (χ4v) is 5.33. The highest BCUT2D eigenvalue weighted by molar-refractivity contribution is 5.86. The summed E-state index contributed by atoms with van der Waals surface area (Å²) in [4.78, 5) is 31.3. The number of nitriles is 1. The first-order chi connectivity index (χ1) is 17.9. The number of piperazine rings is 1. The van der Waals surface area contributed by atoms with E-state index in [0.29, 0.717) is 29.1 Å². The fourth-order valence-electron chi connectivity index (χ4n) is 5.33. The van der Waals surface area contributed by atoms with Gasteiger partial charge in [0.1, 0.15) is 17.3 Å². The zero-order valence-corrected chi connectivity index (χ0v) is 21.7. The van der Waals surface area contributed by atoms with E-state index in [1.165, 1.54) is 15.7 Å². The molecule has 4 aromatic rings. The molecule has 8 heteroatoms. The van der Waals surface area contributed by atoms with Gasteiger partial charge in [0, 0.05) is 38.4 Å². The smallest absolute Gasteiger partial charge is 0.349 e. The van der Waals surface area contributed by atoms with E-state index in [0.717, 1.165) is 18.7 Å². The van der Waals surface area contributed by atoms with E-state index >= 15 is 0 Å². The Morgan fingerprint density at radius 3 is 2.54 bits per heavy atom. The van der Waals surface area contributed by atoms with Crippen molar-refractivity contribution in [3.8, 4) is 6.07 Å². The summed E-state index contributed by atoms with van der Waals surface area (Å²) in [6.45, 7) is 7.88. The molecule has 0 bridgehead atoms. The van der Waals surface area contributed by atoms with Crippen molar-refractivity contribution in [1.29, 1.82) is 5.26 Å². The molecule has 8 nitrogen and oxygen atoms in total. The van der Waals surface area contributed by atoms with E-state index in [1.807, 2.05) is 18.3 Å². The van der Waals surface area contributed by atoms with Crippen LogP contribution in [0.4, 0.5) is 5.82 Å². The predicted molar refractivity (Wildman–Crippen MR) is 144 cm³/mol. The number of fused-ring (bicyclic) bond motifs is 1. The summed E-state index contributed by atoms with van der Waals surface area (Å²) in [5, 5.41) is 9.46. The molecule has 4 heterocycles. The van der Waals surface area contributed by atoms with Gasteiger partial charge < -0.3 is 4.90 Å². The number of pyridine rings is 2. The van der Waals surface area contributed by atoms with Gasteiger partial charge in [0.15, 0.2) is 5.82 Å². The summed E-state index contributed by atoms with van der Waals surface area (Å²) in [6.07, 6.45) is 2.77. The van der Waals surface area contributed by atoms with Crippen LogP contribution in [0.25, 0.3) is 11.0 Å². The average molecular weight is 494 g/mol. The van der Waals surface area contributed by atoms with Gasteiger partial charge in [-0.2, -0.15) is 10.2 Å². The molecule has 1 saturated heterocycles. The maximum atomic E-state index is 12.8. The summed E-state index contributed by atoms with van der Waals surface area (Å²) >= 11 is 0. The third-order valence-corrected chi connectivity index (χ3v) is 7.37. The molecule has 1 aliphatic rings. The Labute approximate surface area is 216 Å². The molecule has 37 heavy (non-hydrogen) atoms. The van der Waals surface area contributed by atoms with Crippen LogP contribution in [0.1, 0.15) is 48.8 Å². The first-order valence-corrected chi connectivity index (χ1v) is 12.7. The molecule has 0 N–H and O–H groups in total. The van der Waals surface area contributed by atoms with Crippen molar-refractivity contribution in [2.75, 3.05) is 18.0 Å². The Morgan fingerprint density at radius 2 is 1.86 bits per heavy atom. The molecule has 1 aliphatic heterocycles. The normalized spacial score (nSPS) is 19.1. The van der Waals surface area contributed by atoms with Gasteiger partial charge in [-0.25, -0.2) is 9.78 Å². The van der Waals surface area contributed by atoms with Crippen LogP contribution in [0.5, 0.6) is 0 Å². The molecule has 0 aliphatic carbocycles. The summed E-state index contributed by atoms with van der Waals surface area (Å²) in [6, 6.07) is 20.6. The Balaban J connectivity index is 1.58. The molecular formula is C29H31N7O. The van der Waals surface area contributed by atoms with Crippen LogP contribution in [-0.4, -0.2) is 49.6 Å². The standard InChI is InChI=1S/C29H31N7O/c1-5-23-18-35(28-26-25(34(4)29(37)33-28)14-13-22(16-30)32-26)20(3)17-36(23)27(24-8-6-7-15-31-24)21-11-9-19(2)10-12-21/h6-15,20,23,27H,5,17-18H2,1-4H3. The van der Waals surface area contributed by atoms with Crippen molar-refractivity contribution in [2.45, 2.75) is 45.3 Å². The third-order valence-electron chi connectivity index (χ3n) is 7.37. The van der Waals surface area contributed by atoms with E-state index in [1.54, 1.807) is 19.2 Å². The van der Waals surface area contributed by atoms with Crippen LogP contribution < -0.4 is 10.6 Å². The maximum absolute atomic E-state index is 12.8. The predicted octanol–water partition coefficient (Wildman–Crippen LogP) is 3.98. The van der Waals surface area contributed by atoms with Gasteiger partial charge in [0.25, 0.3) is 0 Å². The van der Waals surface area contributed by atoms with Crippen LogP contribution in [0, 0.1) is 18.3 Å². The Hall–Kier alpha value is -4.09. The van der Waals surface area contributed by atoms with Crippen molar-refractivity contribution < 1.29 is 0 Å². The molecule has 1 fully saturated rings. The number of aromatic nitrogens is 4. The van der Waals surface area contributed by atoms with E-state index in [9.17, 15) is 10.1 Å². The fraction of sp³-hybridized carbons (Fsp3) is 0.345. The van der Waals surface area contributed by atoms with Crippen LogP contribution in [0.3, 0.4) is 0 Å². The van der Waals surface area contributed by atoms with E-state index in [4.69, 9.17) is 4.98 Å². The lowest BCUT2D eigenvalue weighted by atomic mass is 9.94. The SMILES string of the molecule is CCC1CN(c2nc(=O)n(C)c3ccc(C#N)nc23)C(C)CN1C(c1ccc(C)cc1)c1ccccn1. The van der Waals surface area contributed by atoms with Crippen molar-refractivity contribution in [2.24, 2.45) is 7.05 Å². The largest absolute Gasteiger partial charge is 0.349 e. The minimum atomic E-state index is -0.331. The van der Waals surface area contributed by atoms with Gasteiger partial charge in [-0.05, 0) is 50.1 Å². The highest BCUT2D eigenvalue weighted by atomic mass is 16.1.